The van der Waals surface area contributed by atoms with Crippen LogP contribution in [-0.2, 0) is 6.42 Å². The van der Waals surface area contributed by atoms with Crippen LogP contribution in [-0.4, -0.2) is 19.1 Å². The Labute approximate surface area is 115 Å². The van der Waals surface area contributed by atoms with Crippen LogP contribution in [0, 0.1) is 5.92 Å². The first-order chi connectivity index (χ1) is 8.63. The summed E-state index contributed by atoms with van der Waals surface area (Å²) in [6.07, 6.45) is 3.48. The molecule has 0 spiro atoms. The second kappa shape index (κ2) is 5.94. The molecule has 3 heteroatoms. The van der Waals surface area contributed by atoms with Crippen molar-refractivity contribution in [3.8, 4) is 0 Å². The molecule has 1 heterocycles. The topological polar surface area (TPSA) is 29.3 Å². The number of nitrogens with zero attached hydrogens (tertiary/aromatic N) is 1. The monoisotopic (exact) mass is 266 g/mol. The zero-order chi connectivity index (χ0) is 13.1. The van der Waals surface area contributed by atoms with Crippen molar-refractivity contribution in [3.05, 3.63) is 28.8 Å². The minimum absolute atomic E-state index is 0.639. The van der Waals surface area contributed by atoms with Crippen LogP contribution in [0.1, 0.15) is 32.3 Å². The Kier molecular flexibility index (Phi) is 4.52. The van der Waals surface area contributed by atoms with E-state index in [0.29, 0.717) is 18.5 Å². The summed E-state index contributed by atoms with van der Waals surface area (Å²) < 4.78 is 0. The predicted molar refractivity (Wildman–Crippen MR) is 79.4 cm³/mol. The Balaban J connectivity index is 2.33. The van der Waals surface area contributed by atoms with Crippen molar-refractivity contribution in [3.63, 3.8) is 0 Å². The van der Waals surface area contributed by atoms with Crippen LogP contribution in [0.5, 0.6) is 0 Å². The number of anilines is 1. The van der Waals surface area contributed by atoms with E-state index in [1.165, 1.54) is 24.1 Å². The zero-order valence-corrected chi connectivity index (χ0v) is 12.1. The summed E-state index contributed by atoms with van der Waals surface area (Å²) in [5, 5.41) is 0.820. The van der Waals surface area contributed by atoms with Gasteiger partial charge in [-0.15, -0.1) is 0 Å². The lowest BCUT2D eigenvalue weighted by molar-refractivity contribution is 0.491. The molecule has 1 saturated heterocycles. The van der Waals surface area contributed by atoms with Gasteiger partial charge in [-0.1, -0.05) is 31.5 Å². The summed E-state index contributed by atoms with van der Waals surface area (Å²) in [5.41, 5.74) is 8.33. The van der Waals surface area contributed by atoms with Crippen molar-refractivity contribution >= 4 is 17.3 Å². The Bertz CT molecular complexity index is 403. The van der Waals surface area contributed by atoms with Gasteiger partial charge in [-0.2, -0.15) is 0 Å². The van der Waals surface area contributed by atoms with Gasteiger partial charge < -0.3 is 10.6 Å². The van der Waals surface area contributed by atoms with E-state index in [0.717, 1.165) is 18.0 Å². The number of benzene rings is 1. The first-order valence-electron chi connectivity index (χ1n) is 6.88. The van der Waals surface area contributed by atoms with Crippen LogP contribution in [0.15, 0.2) is 18.2 Å². The van der Waals surface area contributed by atoms with Crippen LogP contribution in [0.25, 0.3) is 0 Å². The highest BCUT2D eigenvalue weighted by Crippen LogP contribution is 2.33. The molecule has 1 fully saturated rings. The van der Waals surface area contributed by atoms with E-state index in [1.54, 1.807) is 0 Å². The lowest BCUT2D eigenvalue weighted by Gasteiger charge is -2.31. The summed E-state index contributed by atoms with van der Waals surface area (Å²) in [7, 11) is 0. The third-order valence-electron chi connectivity index (χ3n) is 3.84. The van der Waals surface area contributed by atoms with E-state index in [4.69, 9.17) is 17.3 Å². The molecular formula is C15H23ClN2. The normalized spacial score (nSPS) is 19.8. The molecule has 0 amide bonds. The van der Waals surface area contributed by atoms with Crippen LogP contribution in [0.3, 0.4) is 0 Å². The smallest absolute Gasteiger partial charge is 0.0426 e. The fourth-order valence-electron chi connectivity index (χ4n) is 2.96. The summed E-state index contributed by atoms with van der Waals surface area (Å²) in [6.45, 7) is 6.43. The lowest BCUT2D eigenvalue weighted by atomic mass is 10.0. The molecule has 1 aromatic carbocycles. The fourth-order valence-corrected chi connectivity index (χ4v) is 3.12. The fraction of sp³-hybridized carbons (Fsp3) is 0.600. The quantitative estimate of drug-likeness (QED) is 0.904. The molecule has 2 N–H and O–H groups in total. The van der Waals surface area contributed by atoms with E-state index in [9.17, 15) is 0 Å². The molecule has 100 valence electrons. The molecule has 1 aliphatic heterocycles. The average Bonchev–Trinajstić information content (AvgIpc) is 2.80. The average molecular weight is 267 g/mol. The second-order valence-electron chi connectivity index (χ2n) is 5.46. The summed E-state index contributed by atoms with van der Waals surface area (Å²) in [4.78, 5) is 2.53. The van der Waals surface area contributed by atoms with Crippen molar-refractivity contribution in [2.24, 2.45) is 11.7 Å². The highest BCUT2D eigenvalue weighted by atomic mass is 35.5. The largest absolute Gasteiger partial charge is 0.368 e. The molecule has 1 atom stereocenters. The molecule has 0 radical (unpaired) electrons. The molecule has 1 unspecified atom stereocenters. The number of hydrogen-bond donors (Lipinski definition) is 1. The number of halogens is 1. The molecule has 0 aliphatic carbocycles. The number of rotatable bonds is 4. The van der Waals surface area contributed by atoms with Crippen molar-refractivity contribution in [1.82, 2.24) is 0 Å². The number of hydrogen-bond acceptors (Lipinski definition) is 2. The maximum atomic E-state index is 6.16. The molecule has 1 aromatic rings. The maximum Gasteiger partial charge on any atom is 0.0426 e. The van der Waals surface area contributed by atoms with Gasteiger partial charge >= 0.3 is 0 Å². The molecule has 0 aromatic heterocycles. The molecule has 1 aliphatic rings. The zero-order valence-electron chi connectivity index (χ0n) is 11.3. The van der Waals surface area contributed by atoms with Gasteiger partial charge in [-0.25, -0.2) is 0 Å². The highest BCUT2D eigenvalue weighted by Gasteiger charge is 2.28. The van der Waals surface area contributed by atoms with Crippen LogP contribution < -0.4 is 10.6 Å². The van der Waals surface area contributed by atoms with Crippen molar-refractivity contribution in [1.29, 1.82) is 0 Å². The standard InChI is InChI=1S/C15H23ClN2/c1-11(2)14-4-3-9-18(14)15-10-13(16)6-5-12(15)7-8-17/h5-6,10-11,14H,3-4,7-9,17H2,1-2H3. The van der Waals surface area contributed by atoms with E-state index < -0.39 is 0 Å². The minimum Gasteiger partial charge on any atom is -0.368 e. The van der Waals surface area contributed by atoms with Crippen LogP contribution in [0.2, 0.25) is 5.02 Å². The Morgan fingerprint density at radius 3 is 2.89 bits per heavy atom. The first kappa shape index (κ1) is 13.7. The van der Waals surface area contributed by atoms with Gasteiger partial charge in [0.15, 0.2) is 0 Å². The Morgan fingerprint density at radius 1 is 1.44 bits per heavy atom. The molecule has 0 saturated carbocycles. The van der Waals surface area contributed by atoms with Crippen molar-refractivity contribution in [2.45, 2.75) is 39.2 Å². The van der Waals surface area contributed by atoms with Gasteiger partial charge in [0, 0.05) is 23.3 Å². The number of nitrogens with two attached hydrogens (primary N) is 1. The van der Waals surface area contributed by atoms with E-state index in [-0.39, 0.29) is 0 Å². The summed E-state index contributed by atoms with van der Waals surface area (Å²) in [5.74, 6) is 0.678. The second-order valence-corrected chi connectivity index (χ2v) is 5.90. The van der Waals surface area contributed by atoms with Crippen molar-refractivity contribution in [2.75, 3.05) is 18.0 Å². The Morgan fingerprint density at radius 2 is 2.22 bits per heavy atom. The molecule has 2 nitrogen and oxygen atoms in total. The summed E-state index contributed by atoms with van der Waals surface area (Å²) >= 11 is 6.16. The highest BCUT2D eigenvalue weighted by molar-refractivity contribution is 6.30. The minimum atomic E-state index is 0.639. The third-order valence-corrected chi connectivity index (χ3v) is 4.07. The van der Waals surface area contributed by atoms with Crippen LogP contribution in [0.4, 0.5) is 5.69 Å². The van der Waals surface area contributed by atoms with E-state index >= 15 is 0 Å². The molecule has 0 bridgehead atoms. The molecule has 2 rings (SSSR count). The van der Waals surface area contributed by atoms with E-state index in [2.05, 4.69) is 30.9 Å². The predicted octanol–water partition coefficient (Wildman–Crippen LogP) is 3.47. The SMILES string of the molecule is CC(C)C1CCCN1c1cc(Cl)ccc1CCN. The summed E-state index contributed by atoms with van der Waals surface area (Å²) in [6, 6.07) is 6.84. The van der Waals surface area contributed by atoms with Crippen molar-refractivity contribution < 1.29 is 0 Å². The third kappa shape index (κ3) is 2.81. The first-order valence-corrected chi connectivity index (χ1v) is 7.26. The van der Waals surface area contributed by atoms with Gasteiger partial charge in [-0.3, -0.25) is 0 Å². The Hall–Kier alpha value is -0.730. The molecule has 18 heavy (non-hydrogen) atoms. The van der Waals surface area contributed by atoms with E-state index in [1.807, 2.05) is 6.07 Å². The van der Waals surface area contributed by atoms with Gasteiger partial charge in [0.2, 0.25) is 0 Å². The van der Waals surface area contributed by atoms with Gasteiger partial charge in [-0.05, 0) is 49.4 Å². The van der Waals surface area contributed by atoms with Gasteiger partial charge in [0.25, 0.3) is 0 Å². The lowest BCUT2D eigenvalue weighted by Crippen LogP contribution is -2.34. The van der Waals surface area contributed by atoms with Gasteiger partial charge in [0.05, 0.1) is 0 Å². The van der Waals surface area contributed by atoms with Gasteiger partial charge in [0.1, 0.15) is 0 Å². The molecular weight excluding hydrogens is 244 g/mol. The maximum absolute atomic E-state index is 6.16. The van der Waals surface area contributed by atoms with Crippen LogP contribution >= 0.6 is 11.6 Å².